The second-order valence-electron chi connectivity index (χ2n) is 5.65. The van der Waals surface area contributed by atoms with Crippen LogP contribution in [0, 0.1) is 6.92 Å². The molecule has 2 heterocycles. The Bertz CT molecular complexity index is 770. The lowest BCUT2D eigenvalue weighted by molar-refractivity contribution is 0.252. The van der Waals surface area contributed by atoms with E-state index in [1.54, 1.807) is 6.07 Å². The van der Waals surface area contributed by atoms with Crippen molar-refractivity contribution in [3.05, 3.63) is 51.9 Å². The van der Waals surface area contributed by atoms with Crippen LogP contribution in [-0.2, 0) is 0 Å². The van der Waals surface area contributed by atoms with E-state index in [0.29, 0.717) is 5.92 Å². The summed E-state index contributed by atoms with van der Waals surface area (Å²) in [6.07, 6.45) is 7.75. The molecule has 0 N–H and O–H groups in total. The molecule has 2 aliphatic rings. The molecule has 1 aliphatic heterocycles. The zero-order chi connectivity index (χ0) is 13.7. The Hall–Kier alpha value is -2.03. The highest BCUT2D eigenvalue weighted by molar-refractivity contribution is 5.86. The van der Waals surface area contributed by atoms with Crippen LogP contribution >= 0.6 is 0 Å². The van der Waals surface area contributed by atoms with E-state index in [9.17, 15) is 4.79 Å². The van der Waals surface area contributed by atoms with Crippen molar-refractivity contribution in [3.8, 4) is 5.75 Å². The van der Waals surface area contributed by atoms with Gasteiger partial charge in [-0.1, -0.05) is 6.08 Å². The van der Waals surface area contributed by atoms with Crippen molar-refractivity contribution < 1.29 is 9.15 Å². The molecule has 2 atom stereocenters. The van der Waals surface area contributed by atoms with E-state index in [-0.39, 0.29) is 11.7 Å². The standard InChI is InChI=1S/C17H16O3/c1-10-9-15(18)20-17-11(10)7-8-14-16(17)12-5-3-2-4-6-13(12)19-14/h4,6-9,12-13H,2-3,5H2,1H3/t12-,13+/m0/s1. The molecule has 1 aromatic carbocycles. The summed E-state index contributed by atoms with van der Waals surface area (Å²) in [4.78, 5) is 11.7. The van der Waals surface area contributed by atoms with Gasteiger partial charge in [0, 0.05) is 22.9 Å². The predicted molar refractivity (Wildman–Crippen MR) is 77.4 cm³/mol. The summed E-state index contributed by atoms with van der Waals surface area (Å²) in [7, 11) is 0. The van der Waals surface area contributed by atoms with Crippen molar-refractivity contribution in [1.29, 1.82) is 0 Å². The topological polar surface area (TPSA) is 39.4 Å². The Labute approximate surface area is 116 Å². The average Bonchev–Trinajstić information content (AvgIpc) is 2.61. The maximum Gasteiger partial charge on any atom is 0.336 e. The molecule has 20 heavy (non-hydrogen) atoms. The summed E-state index contributed by atoms with van der Waals surface area (Å²) in [5.41, 5.74) is 2.48. The Kier molecular flexibility index (Phi) is 2.49. The number of rotatable bonds is 0. The van der Waals surface area contributed by atoms with Crippen LogP contribution in [0.5, 0.6) is 5.75 Å². The summed E-state index contributed by atoms with van der Waals surface area (Å²) in [5, 5.41) is 1.01. The van der Waals surface area contributed by atoms with E-state index in [1.807, 2.05) is 19.1 Å². The first-order chi connectivity index (χ1) is 9.74. The number of hydrogen-bond donors (Lipinski definition) is 0. The van der Waals surface area contributed by atoms with E-state index in [1.165, 1.54) is 0 Å². The van der Waals surface area contributed by atoms with Crippen LogP contribution in [0.2, 0.25) is 0 Å². The van der Waals surface area contributed by atoms with Gasteiger partial charge in [-0.05, 0) is 50.0 Å². The molecule has 0 spiro atoms. The molecule has 0 unspecified atom stereocenters. The first kappa shape index (κ1) is 11.8. The minimum absolute atomic E-state index is 0.0870. The van der Waals surface area contributed by atoms with E-state index in [2.05, 4.69) is 12.2 Å². The summed E-state index contributed by atoms with van der Waals surface area (Å²) in [5.74, 6) is 1.17. The minimum Gasteiger partial charge on any atom is -0.485 e. The largest absolute Gasteiger partial charge is 0.485 e. The van der Waals surface area contributed by atoms with Crippen molar-refractivity contribution >= 4 is 11.0 Å². The third-order valence-corrected chi connectivity index (χ3v) is 4.36. The lowest BCUT2D eigenvalue weighted by Crippen LogP contribution is -2.14. The molecule has 102 valence electrons. The van der Waals surface area contributed by atoms with Gasteiger partial charge in [-0.3, -0.25) is 0 Å². The van der Waals surface area contributed by atoms with Gasteiger partial charge in [0.15, 0.2) is 0 Å². The highest BCUT2D eigenvalue weighted by atomic mass is 16.5. The predicted octanol–water partition coefficient (Wildman–Crippen LogP) is 3.69. The third-order valence-electron chi connectivity index (χ3n) is 4.36. The fraction of sp³-hybridized carbons (Fsp3) is 0.353. The molecular formula is C17H16O3. The number of fused-ring (bicyclic) bond motifs is 5. The quantitative estimate of drug-likeness (QED) is 0.540. The van der Waals surface area contributed by atoms with Crippen molar-refractivity contribution in [1.82, 2.24) is 0 Å². The zero-order valence-corrected chi connectivity index (χ0v) is 11.4. The van der Waals surface area contributed by atoms with Crippen LogP contribution in [0.25, 0.3) is 11.0 Å². The highest BCUT2D eigenvalue weighted by Crippen LogP contribution is 2.46. The van der Waals surface area contributed by atoms with Gasteiger partial charge in [-0.15, -0.1) is 0 Å². The molecule has 1 aromatic heterocycles. The minimum atomic E-state index is -0.281. The van der Waals surface area contributed by atoms with Gasteiger partial charge in [-0.2, -0.15) is 0 Å². The maximum absolute atomic E-state index is 11.7. The molecule has 0 amide bonds. The lowest BCUT2D eigenvalue weighted by atomic mass is 9.90. The molecule has 4 rings (SSSR count). The molecule has 0 bridgehead atoms. The van der Waals surface area contributed by atoms with E-state index in [0.717, 1.165) is 47.1 Å². The molecular weight excluding hydrogens is 252 g/mol. The molecule has 3 nitrogen and oxygen atoms in total. The van der Waals surface area contributed by atoms with Gasteiger partial charge in [0.05, 0.1) is 0 Å². The van der Waals surface area contributed by atoms with Gasteiger partial charge >= 0.3 is 5.63 Å². The van der Waals surface area contributed by atoms with Crippen LogP contribution in [0.15, 0.2) is 39.6 Å². The average molecular weight is 268 g/mol. The van der Waals surface area contributed by atoms with Crippen molar-refractivity contribution in [2.45, 2.75) is 38.2 Å². The summed E-state index contributed by atoms with van der Waals surface area (Å²) >= 11 is 0. The second kappa shape index (κ2) is 4.23. The molecule has 0 fully saturated rings. The first-order valence-electron chi connectivity index (χ1n) is 7.15. The Balaban J connectivity index is 2.01. The van der Waals surface area contributed by atoms with Crippen molar-refractivity contribution in [2.24, 2.45) is 0 Å². The monoisotopic (exact) mass is 268 g/mol. The normalized spacial score (nSPS) is 24.1. The van der Waals surface area contributed by atoms with E-state index < -0.39 is 0 Å². The highest BCUT2D eigenvalue weighted by Gasteiger charge is 2.36. The van der Waals surface area contributed by atoms with Crippen LogP contribution in [0.3, 0.4) is 0 Å². The Morgan fingerprint density at radius 1 is 1.30 bits per heavy atom. The van der Waals surface area contributed by atoms with E-state index in [4.69, 9.17) is 9.15 Å². The van der Waals surface area contributed by atoms with Gasteiger partial charge in [0.25, 0.3) is 0 Å². The van der Waals surface area contributed by atoms with Crippen LogP contribution in [-0.4, -0.2) is 6.10 Å². The van der Waals surface area contributed by atoms with Crippen LogP contribution in [0.4, 0.5) is 0 Å². The van der Waals surface area contributed by atoms with E-state index >= 15 is 0 Å². The fourth-order valence-electron chi connectivity index (χ4n) is 3.40. The van der Waals surface area contributed by atoms with Crippen LogP contribution < -0.4 is 10.4 Å². The fourth-order valence-corrected chi connectivity index (χ4v) is 3.40. The molecule has 0 saturated carbocycles. The summed E-state index contributed by atoms with van der Waals surface area (Å²) < 4.78 is 11.5. The van der Waals surface area contributed by atoms with Crippen molar-refractivity contribution in [2.75, 3.05) is 0 Å². The van der Waals surface area contributed by atoms with Gasteiger partial charge < -0.3 is 9.15 Å². The lowest BCUT2D eigenvalue weighted by Gasteiger charge is -2.13. The summed E-state index contributed by atoms with van der Waals surface area (Å²) in [6, 6.07) is 5.55. The molecule has 2 aromatic rings. The van der Waals surface area contributed by atoms with Gasteiger partial charge in [0.2, 0.25) is 0 Å². The Morgan fingerprint density at radius 2 is 2.20 bits per heavy atom. The third kappa shape index (κ3) is 1.62. The second-order valence-corrected chi connectivity index (χ2v) is 5.65. The van der Waals surface area contributed by atoms with Crippen LogP contribution in [0.1, 0.15) is 36.3 Å². The molecule has 3 heteroatoms. The van der Waals surface area contributed by atoms with Gasteiger partial charge in [-0.25, -0.2) is 4.79 Å². The first-order valence-corrected chi connectivity index (χ1v) is 7.15. The smallest absolute Gasteiger partial charge is 0.336 e. The molecule has 1 aliphatic carbocycles. The number of benzene rings is 1. The number of allylic oxidation sites excluding steroid dienone is 1. The van der Waals surface area contributed by atoms with Gasteiger partial charge in [0.1, 0.15) is 17.4 Å². The number of ether oxygens (including phenoxy) is 1. The number of aryl methyl sites for hydroxylation is 1. The summed E-state index contributed by atoms with van der Waals surface area (Å²) in [6.45, 7) is 1.95. The molecule has 0 radical (unpaired) electrons. The molecule has 0 saturated heterocycles. The Morgan fingerprint density at radius 3 is 3.10 bits per heavy atom. The van der Waals surface area contributed by atoms with Crippen molar-refractivity contribution in [3.63, 3.8) is 0 Å². The zero-order valence-electron chi connectivity index (χ0n) is 11.4. The maximum atomic E-state index is 11.7. The SMILES string of the molecule is Cc1cc(=O)oc2c3c(ccc12)O[C@@H]1C=CCCC[C@H]31. The number of hydrogen-bond acceptors (Lipinski definition) is 3.